The number of carbonyl (C=O) groups is 3. The summed E-state index contributed by atoms with van der Waals surface area (Å²) in [7, 11) is 0. The first-order valence-electron chi connectivity index (χ1n) is 9.29. The van der Waals surface area contributed by atoms with Crippen LogP contribution in [0.5, 0.6) is 0 Å². The number of hydrogen-bond acceptors (Lipinski definition) is 6. The number of aliphatic imine (C=N–C) groups is 2. The third kappa shape index (κ3) is 5.32. The lowest BCUT2D eigenvalue weighted by atomic mass is 10.00. The fourth-order valence-corrected chi connectivity index (χ4v) is 2.70. The van der Waals surface area contributed by atoms with E-state index in [2.05, 4.69) is 25.7 Å². The highest BCUT2D eigenvalue weighted by Gasteiger charge is 2.27. The Hall–Kier alpha value is -2.88. The summed E-state index contributed by atoms with van der Waals surface area (Å²) in [5.41, 5.74) is 1.21. The van der Waals surface area contributed by atoms with E-state index in [1.165, 1.54) is 4.68 Å². The van der Waals surface area contributed by atoms with E-state index < -0.39 is 11.8 Å². The first-order chi connectivity index (χ1) is 13.4. The zero-order valence-corrected chi connectivity index (χ0v) is 16.6. The Morgan fingerprint density at radius 3 is 2.61 bits per heavy atom. The SMILES string of the molecule is CCOCCCNC(=O)C(=O)Nc1cc(C)nn1C1=NC(=O)C(CC)C(C)=N1. The summed E-state index contributed by atoms with van der Waals surface area (Å²) in [5, 5.41) is 9.24. The fraction of sp³-hybridized carbons (Fsp3) is 0.556. The molecule has 3 amide bonds. The minimum absolute atomic E-state index is 0.0627. The molecule has 2 N–H and O–H groups in total. The van der Waals surface area contributed by atoms with Crippen LogP contribution in [0.3, 0.4) is 0 Å². The van der Waals surface area contributed by atoms with Crippen molar-refractivity contribution in [1.82, 2.24) is 15.1 Å². The zero-order chi connectivity index (χ0) is 20.7. The first-order valence-corrected chi connectivity index (χ1v) is 9.29. The highest BCUT2D eigenvalue weighted by Crippen LogP contribution is 2.17. The van der Waals surface area contributed by atoms with Crippen LogP contribution in [0.1, 0.15) is 39.3 Å². The van der Waals surface area contributed by atoms with Crippen molar-refractivity contribution in [2.24, 2.45) is 15.9 Å². The van der Waals surface area contributed by atoms with E-state index >= 15 is 0 Å². The molecule has 1 aromatic rings. The fourth-order valence-electron chi connectivity index (χ4n) is 2.70. The van der Waals surface area contributed by atoms with Gasteiger partial charge in [0.05, 0.1) is 11.6 Å². The van der Waals surface area contributed by atoms with E-state index in [1.54, 1.807) is 19.9 Å². The van der Waals surface area contributed by atoms with Gasteiger partial charge in [-0.2, -0.15) is 14.8 Å². The molecule has 0 bridgehead atoms. The van der Waals surface area contributed by atoms with Gasteiger partial charge in [-0.25, -0.2) is 4.99 Å². The molecule has 0 saturated carbocycles. The standard InChI is InChI=1S/C18H26N6O4/c1-5-13-12(4)20-18(22-15(13)25)24-14(10-11(3)23-24)21-17(27)16(26)19-8-7-9-28-6-2/h10,13H,5-9H2,1-4H3,(H,19,26)(H,21,27). The number of anilines is 1. The Kier molecular flexibility index (Phi) is 7.56. The number of nitrogens with one attached hydrogen (secondary N) is 2. The van der Waals surface area contributed by atoms with Gasteiger partial charge >= 0.3 is 11.8 Å². The van der Waals surface area contributed by atoms with Gasteiger partial charge in [-0.05, 0) is 33.6 Å². The van der Waals surface area contributed by atoms with Gasteiger partial charge in [-0.1, -0.05) is 6.92 Å². The normalized spacial score (nSPS) is 16.4. The van der Waals surface area contributed by atoms with Crippen molar-refractivity contribution in [3.8, 4) is 0 Å². The molecule has 1 atom stereocenters. The second-order valence-electron chi connectivity index (χ2n) is 6.31. The quantitative estimate of drug-likeness (QED) is 0.528. The molecule has 2 rings (SSSR count). The molecule has 152 valence electrons. The predicted molar refractivity (Wildman–Crippen MR) is 104 cm³/mol. The van der Waals surface area contributed by atoms with Crippen LogP contribution < -0.4 is 10.6 Å². The van der Waals surface area contributed by atoms with Gasteiger partial charge in [0, 0.05) is 31.5 Å². The van der Waals surface area contributed by atoms with Crippen molar-refractivity contribution in [3.63, 3.8) is 0 Å². The maximum Gasteiger partial charge on any atom is 0.314 e. The Morgan fingerprint density at radius 2 is 1.96 bits per heavy atom. The molecule has 0 aliphatic carbocycles. The van der Waals surface area contributed by atoms with Crippen molar-refractivity contribution in [2.45, 2.75) is 40.5 Å². The maximum atomic E-state index is 12.2. The summed E-state index contributed by atoms with van der Waals surface area (Å²) in [6.07, 6.45) is 1.21. The van der Waals surface area contributed by atoms with E-state index in [4.69, 9.17) is 4.74 Å². The Labute approximate surface area is 163 Å². The molecule has 0 radical (unpaired) electrons. The van der Waals surface area contributed by atoms with Crippen LogP contribution in [0.25, 0.3) is 0 Å². The average molecular weight is 390 g/mol. The van der Waals surface area contributed by atoms with E-state index in [9.17, 15) is 14.4 Å². The number of aromatic nitrogens is 2. The summed E-state index contributed by atoms with van der Waals surface area (Å²) < 4.78 is 6.43. The molecular formula is C18H26N6O4. The third-order valence-corrected chi connectivity index (χ3v) is 4.12. The van der Waals surface area contributed by atoms with Gasteiger partial charge < -0.3 is 15.4 Å². The predicted octanol–water partition coefficient (Wildman–Crippen LogP) is 0.904. The van der Waals surface area contributed by atoms with Crippen molar-refractivity contribution < 1.29 is 19.1 Å². The minimum Gasteiger partial charge on any atom is -0.382 e. The molecule has 0 spiro atoms. The molecule has 1 aliphatic rings. The monoisotopic (exact) mass is 390 g/mol. The van der Waals surface area contributed by atoms with Crippen molar-refractivity contribution >= 4 is 35.2 Å². The summed E-state index contributed by atoms with van der Waals surface area (Å²) in [6.45, 7) is 8.68. The second kappa shape index (κ2) is 9.88. The lowest BCUT2D eigenvalue weighted by molar-refractivity contribution is -0.136. The number of carbonyl (C=O) groups excluding carboxylic acids is 3. The van der Waals surface area contributed by atoms with Crippen molar-refractivity contribution in [2.75, 3.05) is 25.1 Å². The molecule has 10 heteroatoms. The van der Waals surface area contributed by atoms with Crippen molar-refractivity contribution in [1.29, 1.82) is 0 Å². The lowest BCUT2D eigenvalue weighted by Crippen LogP contribution is -2.37. The van der Waals surface area contributed by atoms with Crippen LogP contribution in [0.15, 0.2) is 16.1 Å². The van der Waals surface area contributed by atoms with Gasteiger partial charge in [-0.15, -0.1) is 0 Å². The number of amides is 3. The summed E-state index contributed by atoms with van der Waals surface area (Å²) in [6, 6.07) is 1.57. The second-order valence-corrected chi connectivity index (χ2v) is 6.31. The van der Waals surface area contributed by atoms with Crippen LogP contribution in [-0.2, 0) is 19.1 Å². The Bertz CT molecular complexity index is 811. The zero-order valence-electron chi connectivity index (χ0n) is 16.6. The van der Waals surface area contributed by atoms with Gasteiger partial charge in [0.25, 0.3) is 11.9 Å². The van der Waals surface area contributed by atoms with Crippen LogP contribution in [0.4, 0.5) is 5.82 Å². The molecule has 1 aliphatic heterocycles. The Balaban J connectivity index is 2.07. The van der Waals surface area contributed by atoms with Crippen LogP contribution >= 0.6 is 0 Å². The molecular weight excluding hydrogens is 364 g/mol. The highest BCUT2D eigenvalue weighted by molar-refractivity contribution is 6.39. The maximum absolute atomic E-state index is 12.2. The van der Waals surface area contributed by atoms with Crippen LogP contribution in [-0.4, -0.2) is 58.9 Å². The number of aryl methyl sites for hydroxylation is 1. The van der Waals surface area contributed by atoms with Gasteiger partial charge in [0.1, 0.15) is 5.82 Å². The van der Waals surface area contributed by atoms with E-state index in [0.717, 1.165) is 0 Å². The van der Waals surface area contributed by atoms with Gasteiger partial charge in [0.2, 0.25) is 0 Å². The van der Waals surface area contributed by atoms with E-state index in [0.29, 0.717) is 44.0 Å². The van der Waals surface area contributed by atoms with E-state index in [1.807, 2.05) is 13.8 Å². The molecule has 10 nitrogen and oxygen atoms in total. The summed E-state index contributed by atoms with van der Waals surface area (Å²) in [5.74, 6) is -1.98. The molecule has 2 heterocycles. The van der Waals surface area contributed by atoms with Crippen molar-refractivity contribution in [3.05, 3.63) is 11.8 Å². The third-order valence-electron chi connectivity index (χ3n) is 4.12. The Morgan fingerprint density at radius 1 is 1.21 bits per heavy atom. The topological polar surface area (TPSA) is 127 Å². The highest BCUT2D eigenvalue weighted by atomic mass is 16.5. The van der Waals surface area contributed by atoms with Crippen LogP contribution in [0.2, 0.25) is 0 Å². The largest absolute Gasteiger partial charge is 0.382 e. The van der Waals surface area contributed by atoms with Crippen LogP contribution in [0, 0.1) is 12.8 Å². The smallest absolute Gasteiger partial charge is 0.314 e. The minimum atomic E-state index is -0.840. The number of hydrogen-bond donors (Lipinski definition) is 2. The molecule has 1 aromatic heterocycles. The lowest BCUT2D eigenvalue weighted by Gasteiger charge is -2.17. The molecule has 28 heavy (non-hydrogen) atoms. The molecule has 0 aromatic carbocycles. The molecule has 0 saturated heterocycles. The summed E-state index contributed by atoms with van der Waals surface area (Å²) >= 11 is 0. The number of nitrogens with zero attached hydrogens (tertiary/aromatic N) is 4. The van der Waals surface area contributed by atoms with Gasteiger partial charge in [0.15, 0.2) is 0 Å². The summed E-state index contributed by atoms with van der Waals surface area (Å²) in [4.78, 5) is 44.6. The van der Waals surface area contributed by atoms with E-state index in [-0.39, 0.29) is 23.6 Å². The molecule has 1 unspecified atom stereocenters. The number of rotatable bonds is 7. The number of ether oxygens (including phenoxy) is 1. The first kappa shape index (κ1) is 21.4. The molecule has 0 fully saturated rings. The van der Waals surface area contributed by atoms with Gasteiger partial charge in [-0.3, -0.25) is 14.4 Å². The average Bonchev–Trinajstić information content (AvgIpc) is 3.01.